The van der Waals surface area contributed by atoms with E-state index in [4.69, 9.17) is 9.84 Å². The summed E-state index contributed by atoms with van der Waals surface area (Å²) in [6, 6.07) is 0.269. The van der Waals surface area contributed by atoms with Crippen molar-refractivity contribution in [1.82, 2.24) is 5.32 Å². The van der Waals surface area contributed by atoms with Gasteiger partial charge in [0.2, 0.25) is 0 Å². The smallest absolute Gasteiger partial charge is 0.0584 e. The predicted octanol–water partition coefficient (Wildman–Crippen LogP) is 0.383. The Morgan fingerprint density at radius 2 is 2.50 bits per heavy atom. The number of nitrogens with one attached hydrogen (secondary N) is 1. The molecule has 1 aliphatic rings. The third-order valence-corrected chi connectivity index (χ3v) is 2.43. The Morgan fingerprint density at radius 1 is 1.67 bits per heavy atom. The van der Waals surface area contributed by atoms with Gasteiger partial charge >= 0.3 is 0 Å². The van der Waals surface area contributed by atoms with E-state index < -0.39 is 0 Å². The van der Waals surface area contributed by atoms with Crippen molar-refractivity contribution in [1.29, 1.82) is 0 Å². The minimum atomic E-state index is 0.240. The highest BCUT2D eigenvalue weighted by molar-refractivity contribution is 4.70. The molecule has 0 aliphatic carbocycles. The van der Waals surface area contributed by atoms with Crippen molar-refractivity contribution in [2.45, 2.75) is 25.8 Å². The van der Waals surface area contributed by atoms with Gasteiger partial charge < -0.3 is 15.2 Å². The molecule has 1 fully saturated rings. The average molecular weight is 173 g/mol. The minimum absolute atomic E-state index is 0.240. The topological polar surface area (TPSA) is 41.5 Å². The highest BCUT2D eigenvalue weighted by Crippen LogP contribution is 2.10. The first-order valence-electron chi connectivity index (χ1n) is 4.78. The van der Waals surface area contributed by atoms with E-state index in [1.807, 2.05) is 0 Å². The first-order valence-corrected chi connectivity index (χ1v) is 4.78. The van der Waals surface area contributed by atoms with Crippen LogP contribution in [0.5, 0.6) is 0 Å². The lowest BCUT2D eigenvalue weighted by Gasteiger charge is -2.16. The molecule has 3 nitrogen and oxygen atoms in total. The first-order chi connectivity index (χ1) is 5.86. The number of hydrogen-bond acceptors (Lipinski definition) is 3. The summed E-state index contributed by atoms with van der Waals surface area (Å²) >= 11 is 0. The second kappa shape index (κ2) is 5.51. The SMILES string of the molecule is CCC(CO)NCC1CCOC1. The molecule has 2 unspecified atom stereocenters. The molecule has 1 heterocycles. The van der Waals surface area contributed by atoms with Gasteiger partial charge in [-0.1, -0.05) is 6.92 Å². The zero-order valence-electron chi connectivity index (χ0n) is 7.75. The summed E-state index contributed by atoms with van der Waals surface area (Å²) in [7, 11) is 0. The molecule has 0 spiro atoms. The summed E-state index contributed by atoms with van der Waals surface area (Å²) in [6.45, 7) is 5.10. The molecule has 0 saturated carbocycles. The van der Waals surface area contributed by atoms with E-state index in [0.717, 1.165) is 32.6 Å². The van der Waals surface area contributed by atoms with Crippen LogP contribution in [-0.4, -0.2) is 37.5 Å². The van der Waals surface area contributed by atoms with Crippen LogP contribution in [0.3, 0.4) is 0 Å². The fourth-order valence-electron chi connectivity index (χ4n) is 1.42. The van der Waals surface area contributed by atoms with Crippen molar-refractivity contribution in [2.24, 2.45) is 5.92 Å². The molecule has 1 rings (SSSR count). The second-order valence-corrected chi connectivity index (χ2v) is 3.43. The monoisotopic (exact) mass is 173 g/mol. The van der Waals surface area contributed by atoms with Crippen LogP contribution in [-0.2, 0) is 4.74 Å². The molecular weight excluding hydrogens is 154 g/mol. The van der Waals surface area contributed by atoms with Crippen molar-refractivity contribution in [2.75, 3.05) is 26.4 Å². The van der Waals surface area contributed by atoms with Gasteiger partial charge in [-0.3, -0.25) is 0 Å². The number of rotatable bonds is 5. The van der Waals surface area contributed by atoms with Gasteiger partial charge in [-0.05, 0) is 18.8 Å². The van der Waals surface area contributed by atoms with Gasteiger partial charge in [0, 0.05) is 19.2 Å². The van der Waals surface area contributed by atoms with Gasteiger partial charge in [0.15, 0.2) is 0 Å². The predicted molar refractivity (Wildman–Crippen MR) is 48.1 cm³/mol. The van der Waals surface area contributed by atoms with Crippen LogP contribution < -0.4 is 5.32 Å². The molecule has 72 valence electrons. The van der Waals surface area contributed by atoms with E-state index in [0.29, 0.717) is 5.92 Å². The quantitative estimate of drug-likeness (QED) is 0.631. The molecule has 0 aromatic rings. The molecule has 1 saturated heterocycles. The average Bonchev–Trinajstić information content (AvgIpc) is 2.59. The Labute approximate surface area is 74.1 Å². The fraction of sp³-hybridized carbons (Fsp3) is 1.00. The maximum absolute atomic E-state index is 8.91. The van der Waals surface area contributed by atoms with Crippen LogP contribution in [0.2, 0.25) is 0 Å². The van der Waals surface area contributed by atoms with Gasteiger partial charge in [-0.2, -0.15) is 0 Å². The standard InChI is InChI=1S/C9H19NO2/c1-2-9(6-11)10-5-8-3-4-12-7-8/h8-11H,2-7H2,1H3. The van der Waals surface area contributed by atoms with Gasteiger partial charge in [0.1, 0.15) is 0 Å². The number of aliphatic hydroxyl groups is 1. The molecule has 0 radical (unpaired) electrons. The molecule has 3 heteroatoms. The lowest BCUT2D eigenvalue weighted by atomic mass is 10.1. The Balaban J connectivity index is 2.06. The molecule has 1 aliphatic heterocycles. The molecule has 0 bridgehead atoms. The highest BCUT2D eigenvalue weighted by atomic mass is 16.5. The Morgan fingerprint density at radius 3 is 3.00 bits per heavy atom. The molecule has 0 amide bonds. The molecular formula is C9H19NO2. The van der Waals surface area contributed by atoms with E-state index in [1.54, 1.807) is 0 Å². The summed E-state index contributed by atoms with van der Waals surface area (Å²) < 4.78 is 5.25. The van der Waals surface area contributed by atoms with Crippen LogP contribution in [0.15, 0.2) is 0 Å². The van der Waals surface area contributed by atoms with E-state index in [1.165, 1.54) is 0 Å². The van der Waals surface area contributed by atoms with Gasteiger partial charge in [0.25, 0.3) is 0 Å². The zero-order chi connectivity index (χ0) is 8.81. The summed E-state index contributed by atoms with van der Waals surface area (Å²) in [5.41, 5.74) is 0. The lowest BCUT2D eigenvalue weighted by Crippen LogP contribution is -2.35. The largest absolute Gasteiger partial charge is 0.395 e. The Kier molecular flexibility index (Phi) is 4.58. The van der Waals surface area contributed by atoms with Crippen molar-refractivity contribution in [3.8, 4) is 0 Å². The summed E-state index contributed by atoms with van der Waals surface area (Å²) in [5, 5.41) is 12.2. The van der Waals surface area contributed by atoms with Gasteiger partial charge in [-0.25, -0.2) is 0 Å². The van der Waals surface area contributed by atoms with Crippen molar-refractivity contribution in [3.05, 3.63) is 0 Å². The van der Waals surface area contributed by atoms with Gasteiger partial charge in [-0.15, -0.1) is 0 Å². The van der Waals surface area contributed by atoms with Crippen LogP contribution in [0, 0.1) is 5.92 Å². The van der Waals surface area contributed by atoms with Crippen LogP contribution in [0.4, 0.5) is 0 Å². The highest BCUT2D eigenvalue weighted by Gasteiger charge is 2.16. The Bertz CT molecular complexity index is 107. The Hall–Kier alpha value is -0.120. The first kappa shape index (κ1) is 9.96. The molecule has 2 N–H and O–H groups in total. The second-order valence-electron chi connectivity index (χ2n) is 3.43. The summed E-state index contributed by atoms with van der Waals surface area (Å²) in [4.78, 5) is 0. The third-order valence-electron chi connectivity index (χ3n) is 2.43. The van der Waals surface area contributed by atoms with Crippen molar-refractivity contribution in [3.63, 3.8) is 0 Å². The van der Waals surface area contributed by atoms with Crippen molar-refractivity contribution >= 4 is 0 Å². The van der Waals surface area contributed by atoms with Crippen LogP contribution >= 0.6 is 0 Å². The number of hydrogen-bond donors (Lipinski definition) is 2. The third kappa shape index (κ3) is 3.09. The van der Waals surface area contributed by atoms with E-state index in [2.05, 4.69) is 12.2 Å². The number of aliphatic hydroxyl groups excluding tert-OH is 1. The molecule has 0 aromatic carbocycles. The number of ether oxygens (including phenoxy) is 1. The van der Waals surface area contributed by atoms with E-state index in [9.17, 15) is 0 Å². The maximum Gasteiger partial charge on any atom is 0.0584 e. The van der Waals surface area contributed by atoms with Gasteiger partial charge in [0.05, 0.1) is 13.2 Å². The molecule has 0 aromatic heterocycles. The van der Waals surface area contributed by atoms with Crippen LogP contribution in [0.1, 0.15) is 19.8 Å². The van der Waals surface area contributed by atoms with Crippen molar-refractivity contribution < 1.29 is 9.84 Å². The normalized spacial score (nSPS) is 26.0. The van der Waals surface area contributed by atoms with Crippen LogP contribution in [0.25, 0.3) is 0 Å². The molecule has 12 heavy (non-hydrogen) atoms. The maximum atomic E-state index is 8.91. The fourth-order valence-corrected chi connectivity index (χ4v) is 1.42. The minimum Gasteiger partial charge on any atom is -0.395 e. The van der Waals surface area contributed by atoms with E-state index in [-0.39, 0.29) is 12.6 Å². The van der Waals surface area contributed by atoms with E-state index >= 15 is 0 Å². The lowest BCUT2D eigenvalue weighted by molar-refractivity contribution is 0.181. The summed E-state index contributed by atoms with van der Waals surface area (Å²) in [6.07, 6.45) is 2.15. The molecule has 2 atom stereocenters. The summed E-state index contributed by atoms with van der Waals surface area (Å²) in [5.74, 6) is 0.658. The zero-order valence-corrected chi connectivity index (χ0v) is 7.75.